The first kappa shape index (κ1) is 35.5. The molecule has 8 heteroatoms. The number of hydrogen-bond acceptors (Lipinski definition) is 6. The molecule has 4 N–H and O–H groups in total. The number of rotatable bonds is 10. The van der Waals surface area contributed by atoms with E-state index in [2.05, 4.69) is 110 Å². The zero-order chi connectivity index (χ0) is 35.6. The number of aromatic amines is 2. The van der Waals surface area contributed by atoms with Gasteiger partial charge in [0, 0.05) is 22.0 Å². The predicted molar refractivity (Wildman–Crippen MR) is 199 cm³/mol. The highest BCUT2D eigenvalue weighted by molar-refractivity contribution is 5.92. The molecule has 2 aromatic carbocycles. The van der Waals surface area contributed by atoms with Gasteiger partial charge in [0.05, 0.1) is 11.2 Å². The number of aliphatic hydroxyl groups is 2. The fourth-order valence-corrected chi connectivity index (χ4v) is 10.3. The minimum absolute atomic E-state index is 0.150. The summed E-state index contributed by atoms with van der Waals surface area (Å²) >= 11 is 0. The van der Waals surface area contributed by atoms with E-state index in [0.29, 0.717) is 6.42 Å². The zero-order valence-corrected chi connectivity index (χ0v) is 31.4. The highest BCUT2D eigenvalue weighted by atomic mass is 16.3. The fourth-order valence-electron chi connectivity index (χ4n) is 10.3. The van der Waals surface area contributed by atoms with Crippen molar-refractivity contribution in [2.45, 2.75) is 125 Å². The molecule has 2 heterocycles. The molecule has 264 valence electrons. The van der Waals surface area contributed by atoms with Crippen LogP contribution in [0.3, 0.4) is 0 Å². The Morgan fingerprint density at radius 1 is 0.612 bits per heavy atom. The topological polar surface area (TPSA) is 124 Å². The van der Waals surface area contributed by atoms with Crippen LogP contribution in [0.4, 0.5) is 0 Å². The maximum absolute atomic E-state index is 13.4. The molecule has 0 saturated carbocycles. The van der Waals surface area contributed by atoms with Gasteiger partial charge < -0.3 is 10.2 Å². The second-order valence-electron chi connectivity index (χ2n) is 16.8. The number of para-hydroxylation sites is 2. The molecule has 49 heavy (non-hydrogen) atoms. The van der Waals surface area contributed by atoms with Crippen LogP contribution in [0, 0.1) is 33.5 Å². The molecule has 6 rings (SSSR count). The van der Waals surface area contributed by atoms with E-state index in [9.17, 15) is 10.2 Å². The Morgan fingerprint density at radius 3 is 1.37 bits per heavy atom. The second-order valence-corrected chi connectivity index (χ2v) is 16.8. The van der Waals surface area contributed by atoms with E-state index in [0.717, 1.165) is 82.9 Å². The number of nitrogens with one attached hydrogen (secondary N) is 2. The normalized spacial score (nSPS) is 36.7. The van der Waals surface area contributed by atoms with E-state index in [4.69, 9.17) is 0 Å². The molecule has 0 spiro atoms. The zero-order valence-electron chi connectivity index (χ0n) is 31.4. The summed E-state index contributed by atoms with van der Waals surface area (Å²) in [4.78, 5) is 0. The van der Waals surface area contributed by atoms with Gasteiger partial charge in [0.25, 0.3) is 0 Å². The van der Waals surface area contributed by atoms with Gasteiger partial charge in [0.15, 0.2) is 0 Å². The number of allylic oxidation sites excluding steroid dienone is 2. The Labute approximate surface area is 292 Å². The third kappa shape index (κ3) is 4.90. The molecule has 8 nitrogen and oxygen atoms in total. The Morgan fingerprint density at radius 2 is 1.00 bits per heavy atom. The minimum Gasteiger partial charge on any atom is -0.385 e. The smallest absolute Gasteiger partial charge is 0.120 e. The van der Waals surface area contributed by atoms with E-state index in [1.54, 1.807) is 0 Å². The lowest BCUT2D eigenvalue weighted by Gasteiger charge is -2.68. The van der Waals surface area contributed by atoms with E-state index in [-0.39, 0.29) is 22.7 Å². The largest absolute Gasteiger partial charge is 0.385 e. The molecule has 0 fully saturated rings. The van der Waals surface area contributed by atoms with Crippen LogP contribution < -0.4 is 0 Å². The molecule has 2 aromatic heterocycles. The molecule has 2 aliphatic rings. The highest BCUT2D eigenvalue weighted by Gasteiger charge is 2.69. The number of H-pyrrole nitrogens is 2. The minimum atomic E-state index is -1.27. The standard InChI is InChI=1S/C41H58N6O2/c1-11-13-21-36(5)26(3)23-30(28-17-15-19-32-34(28)44-46-42-32)40(9,48)38(36,7)25-39(8)37(6,22-14-12-2)27(4)24-31(41(39,10)49)29-18-16-20-33-35(29)45-47-43-33/h15-20,23-24,26-27,48-49H,11-14,21-22,25H2,1-10H3,(H,42,44,46)(H,43,45,47). The van der Waals surface area contributed by atoms with Crippen LogP contribution in [0.25, 0.3) is 33.2 Å². The maximum atomic E-state index is 13.4. The summed E-state index contributed by atoms with van der Waals surface area (Å²) in [5.74, 6) is 0.300. The van der Waals surface area contributed by atoms with Crippen LogP contribution >= 0.6 is 0 Å². The molecule has 0 saturated heterocycles. The highest BCUT2D eigenvalue weighted by Crippen LogP contribution is 2.72. The van der Waals surface area contributed by atoms with Gasteiger partial charge in [-0.05, 0) is 79.1 Å². The number of aromatic nitrogens is 6. The Bertz CT molecular complexity index is 1770. The summed E-state index contributed by atoms with van der Waals surface area (Å²) in [5, 5.41) is 50.4. The summed E-state index contributed by atoms with van der Waals surface area (Å²) in [5.41, 5.74) is 2.26. The van der Waals surface area contributed by atoms with Gasteiger partial charge in [0.2, 0.25) is 0 Å². The van der Waals surface area contributed by atoms with Crippen molar-refractivity contribution in [1.82, 2.24) is 30.8 Å². The van der Waals surface area contributed by atoms with Crippen LogP contribution in [0.5, 0.6) is 0 Å². The quantitative estimate of drug-likeness (QED) is 0.134. The van der Waals surface area contributed by atoms with Crippen LogP contribution in [-0.2, 0) is 0 Å². The molecule has 4 aromatic rings. The van der Waals surface area contributed by atoms with Crippen LogP contribution in [0.1, 0.15) is 125 Å². The van der Waals surface area contributed by atoms with Crippen LogP contribution in [0.15, 0.2) is 48.6 Å². The number of hydrogen-bond donors (Lipinski definition) is 4. The average molecular weight is 667 g/mol. The second kappa shape index (κ2) is 12.2. The van der Waals surface area contributed by atoms with Crippen molar-refractivity contribution in [3.05, 3.63) is 59.7 Å². The monoisotopic (exact) mass is 666 g/mol. The molecular weight excluding hydrogens is 608 g/mol. The van der Waals surface area contributed by atoms with Gasteiger partial charge in [-0.25, -0.2) is 0 Å². The third-order valence-corrected chi connectivity index (χ3v) is 14.6. The lowest BCUT2D eigenvalue weighted by Crippen LogP contribution is -2.66. The Kier molecular flexibility index (Phi) is 8.80. The third-order valence-electron chi connectivity index (χ3n) is 14.6. The SMILES string of the molecule is CCCCC1(C)C(C)C=C(c2cccc3n[nH]nc23)C(C)(O)C1(C)CC1(C)C(C)(O)C(c2cccc3n[nH]nc23)=CC(C)C1(C)CCCC. The van der Waals surface area contributed by atoms with Gasteiger partial charge >= 0.3 is 0 Å². The first-order chi connectivity index (χ1) is 23.0. The first-order valence-electron chi connectivity index (χ1n) is 18.5. The van der Waals surface area contributed by atoms with Crippen molar-refractivity contribution >= 4 is 33.2 Å². The Hall–Kier alpha value is -3.36. The van der Waals surface area contributed by atoms with Crippen molar-refractivity contribution < 1.29 is 10.2 Å². The summed E-state index contributed by atoms with van der Waals surface area (Å²) in [6, 6.07) is 12.1. The van der Waals surface area contributed by atoms with E-state index in [1.165, 1.54) is 0 Å². The van der Waals surface area contributed by atoms with Crippen molar-refractivity contribution in [3.8, 4) is 0 Å². The van der Waals surface area contributed by atoms with Gasteiger partial charge in [0.1, 0.15) is 22.1 Å². The number of unbranched alkanes of at least 4 members (excludes halogenated alkanes) is 2. The Balaban J connectivity index is 1.60. The fraction of sp³-hybridized carbons (Fsp3) is 0.610. The van der Waals surface area contributed by atoms with Gasteiger partial charge in [-0.1, -0.05) is 117 Å². The number of nitrogens with zero attached hydrogens (tertiary/aromatic N) is 4. The number of benzene rings is 2. The lowest BCUT2D eigenvalue weighted by atomic mass is 9.37. The van der Waals surface area contributed by atoms with Crippen LogP contribution in [0.2, 0.25) is 0 Å². The summed E-state index contributed by atoms with van der Waals surface area (Å²) < 4.78 is 0. The van der Waals surface area contributed by atoms with E-state index in [1.807, 2.05) is 38.1 Å². The molecule has 8 unspecified atom stereocenters. The van der Waals surface area contributed by atoms with Crippen molar-refractivity contribution in [2.75, 3.05) is 0 Å². The van der Waals surface area contributed by atoms with Crippen molar-refractivity contribution in [2.24, 2.45) is 33.5 Å². The predicted octanol–water partition coefficient (Wildman–Crippen LogP) is 9.29. The van der Waals surface area contributed by atoms with Gasteiger partial charge in [-0.2, -0.15) is 30.8 Å². The van der Waals surface area contributed by atoms with E-state index < -0.39 is 22.0 Å². The summed E-state index contributed by atoms with van der Waals surface area (Å²) in [6.07, 6.45) is 11.4. The molecule has 2 aliphatic carbocycles. The molecule has 0 amide bonds. The summed E-state index contributed by atoms with van der Waals surface area (Å²) in [6.45, 7) is 22.6. The van der Waals surface area contributed by atoms with Gasteiger partial charge in [-0.15, -0.1) is 0 Å². The van der Waals surface area contributed by atoms with Crippen LogP contribution in [-0.4, -0.2) is 52.2 Å². The molecule has 8 atom stereocenters. The van der Waals surface area contributed by atoms with Crippen molar-refractivity contribution in [1.29, 1.82) is 0 Å². The molecule has 0 aliphatic heterocycles. The summed E-state index contributed by atoms with van der Waals surface area (Å²) in [7, 11) is 0. The molecule has 0 bridgehead atoms. The van der Waals surface area contributed by atoms with Crippen molar-refractivity contribution in [3.63, 3.8) is 0 Å². The van der Waals surface area contributed by atoms with Gasteiger partial charge in [-0.3, -0.25) is 0 Å². The average Bonchev–Trinajstić information content (AvgIpc) is 3.75. The number of fused-ring (bicyclic) bond motifs is 2. The maximum Gasteiger partial charge on any atom is 0.120 e. The lowest BCUT2D eigenvalue weighted by molar-refractivity contribution is -0.201. The first-order valence-corrected chi connectivity index (χ1v) is 18.5. The van der Waals surface area contributed by atoms with E-state index >= 15 is 0 Å². The molecule has 0 radical (unpaired) electrons. The molecular formula is C41H58N6O2.